The molecule has 0 N–H and O–H groups in total. The van der Waals surface area contributed by atoms with Gasteiger partial charge in [0.2, 0.25) is 0 Å². The fraction of sp³-hybridized carbons (Fsp3) is 0.0364. The molecule has 0 bridgehead atoms. The fourth-order valence-corrected chi connectivity index (χ4v) is 14.7. The smallest absolute Gasteiger partial charge is 0.172 e. The third-order valence-electron chi connectivity index (χ3n) is 13.7. The van der Waals surface area contributed by atoms with E-state index in [1.807, 2.05) is 24.3 Å². The van der Waals surface area contributed by atoms with Crippen LogP contribution in [0.25, 0.3) is 83.3 Å². The molecule has 60 heavy (non-hydrogen) atoms. The van der Waals surface area contributed by atoms with Crippen LogP contribution in [-0.2, 0) is 9.98 Å². The Bertz CT molecular complexity index is 3650. The molecular formula is C55H33N3OP-. The van der Waals surface area contributed by atoms with Gasteiger partial charge in [-0.2, -0.15) is 0 Å². The van der Waals surface area contributed by atoms with Crippen LogP contribution in [0.4, 0.5) is 5.69 Å². The molecule has 0 fully saturated rings. The molecule has 8 aromatic carbocycles. The molecule has 2 aromatic heterocycles. The number of hydrogen-bond acceptors (Lipinski definition) is 2. The van der Waals surface area contributed by atoms with Gasteiger partial charge in [-0.25, -0.2) is 4.98 Å². The van der Waals surface area contributed by atoms with Gasteiger partial charge < -0.3 is 14.4 Å². The van der Waals surface area contributed by atoms with E-state index in [9.17, 15) is 0 Å². The molecule has 0 amide bonds. The van der Waals surface area contributed by atoms with Crippen LogP contribution in [0.1, 0.15) is 27.8 Å². The zero-order chi connectivity index (χ0) is 39.3. The SMILES string of the molecule is O=[P@@]1(c2ccccc2)c2ccccc2-c2ccc3c(c21)-c1cc(-c2ccc4ccc5c(c4n2)[N-]CC=C5)ccc1C31c2ccccc2-n2c3ccccc3c3cccc1c32. The van der Waals surface area contributed by atoms with Crippen molar-refractivity contribution >= 4 is 67.5 Å². The maximum Gasteiger partial charge on any atom is 0.172 e. The number of aromatic nitrogens is 2. The van der Waals surface area contributed by atoms with Crippen LogP contribution >= 0.6 is 7.14 Å². The van der Waals surface area contributed by atoms with Crippen LogP contribution in [0.3, 0.4) is 0 Å². The zero-order valence-corrected chi connectivity index (χ0v) is 33.2. The summed E-state index contributed by atoms with van der Waals surface area (Å²) in [6, 6.07) is 63.3. The molecule has 2 atom stereocenters. The number of pyridine rings is 1. The first-order chi connectivity index (χ1) is 29.7. The number of rotatable bonds is 2. The van der Waals surface area contributed by atoms with E-state index in [-0.39, 0.29) is 0 Å². The predicted octanol–water partition coefficient (Wildman–Crippen LogP) is 12.3. The lowest BCUT2D eigenvalue weighted by molar-refractivity contribution is 0.593. The highest BCUT2D eigenvalue weighted by atomic mass is 31.2. The molecule has 14 rings (SSSR count). The molecule has 3 aliphatic heterocycles. The minimum atomic E-state index is -3.37. The molecule has 1 unspecified atom stereocenters. The van der Waals surface area contributed by atoms with Gasteiger partial charge in [-0.1, -0.05) is 158 Å². The van der Waals surface area contributed by atoms with Gasteiger partial charge >= 0.3 is 0 Å². The Balaban J connectivity index is 1.14. The van der Waals surface area contributed by atoms with E-state index in [2.05, 4.69) is 168 Å². The molecule has 4 nitrogen and oxygen atoms in total. The number of benzene rings is 8. The van der Waals surface area contributed by atoms with E-state index in [1.54, 1.807) is 0 Å². The van der Waals surface area contributed by atoms with Gasteiger partial charge in [0.1, 0.15) is 0 Å². The Labute approximate surface area is 346 Å². The lowest BCUT2D eigenvalue weighted by atomic mass is 9.65. The summed E-state index contributed by atoms with van der Waals surface area (Å²) in [6.45, 7) is 0.651. The maximum absolute atomic E-state index is 16.7. The summed E-state index contributed by atoms with van der Waals surface area (Å²) in [5.74, 6) is 0. The highest BCUT2D eigenvalue weighted by Crippen LogP contribution is 2.65. The van der Waals surface area contributed by atoms with Crippen molar-refractivity contribution in [2.45, 2.75) is 5.41 Å². The second kappa shape index (κ2) is 11.5. The first kappa shape index (κ1) is 32.7. The van der Waals surface area contributed by atoms with E-state index in [0.29, 0.717) is 6.54 Å². The molecule has 1 spiro atoms. The summed E-state index contributed by atoms with van der Waals surface area (Å²) in [6.07, 6.45) is 4.24. The van der Waals surface area contributed by atoms with Crippen LogP contribution in [0.5, 0.6) is 0 Å². The Hall–Kier alpha value is -7.26. The summed E-state index contributed by atoms with van der Waals surface area (Å²) >= 11 is 0. The van der Waals surface area contributed by atoms with Gasteiger partial charge in [0, 0.05) is 32.2 Å². The van der Waals surface area contributed by atoms with E-state index >= 15 is 4.57 Å². The number of para-hydroxylation sites is 3. The Morgan fingerprint density at radius 2 is 1.40 bits per heavy atom. The molecule has 280 valence electrons. The maximum atomic E-state index is 16.7. The molecule has 10 aromatic rings. The Kier molecular flexibility index (Phi) is 6.25. The minimum absolute atomic E-state index is 0.651. The molecular weight excluding hydrogens is 750 g/mol. The Morgan fingerprint density at radius 3 is 2.35 bits per heavy atom. The summed E-state index contributed by atoms with van der Waals surface area (Å²) in [4.78, 5) is 5.36. The summed E-state index contributed by atoms with van der Waals surface area (Å²) < 4.78 is 19.1. The quantitative estimate of drug-likeness (QED) is 0.164. The number of nitrogens with zero attached hydrogens (tertiary/aromatic N) is 3. The Morgan fingerprint density at radius 1 is 0.617 bits per heavy atom. The second-order valence-corrected chi connectivity index (χ2v) is 19.1. The van der Waals surface area contributed by atoms with Crippen molar-refractivity contribution in [1.29, 1.82) is 0 Å². The largest absolute Gasteiger partial charge is 0.679 e. The molecule has 5 heterocycles. The average Bonchev–Trinajstić information content (AvgIpc) is 3.91. The van der Waals surface area contributed by atoms with Crippen LogP contribution in [-0.4, -0.2) is 16.1 Å². The molecule has 4 aliphatic rings. The summed E-state index contributed by atoms with van der Waals surface area (Å²) in [7, 11) is -3.37. The second-order valence-electron chi connectivity index (χ2n) is 16.4. The highest BCUT2D eigenvalue weighted by Gasteiger charge is 2.54. The lowest BCUT2D eigenvalue weighted by Gasteiger charge is -2.39. The van der Waals surface area contributed by atoms with Crippen molar-refractivity contribution in [3.8, 4) is 39.2 Å². The van der Waals surface area contributed by atoms with E-state index in [4.69, 9.17) is 10.3 Å². The normalized spacial score (nSPS) is 18.5. The van der Waals surface area contributed by atoms with Crippen LogP contribution in [0.15, 0.2) is 182 Å². The van der Waals surface area contributed by atoms with Crippen LogP contribution in [0, 0.1) is 0 Å². The number of fused-ring (bicyclic) bond motifs is 19. The van der Waals surface area contributed by atoms with Gasteiger partial charge in [-0.15, -0.1) is 18.3 Å². The van der Waals surface area contributed by atoms with Crippen molar-refractivity contribution in [2.24, 2.45) is 0 Å². The third-order valence-corrected chi connectivity index (χ3v) is 16.9. The lowest BCUT2D eigenvalue weighted by Crippen LogP contribution is -2.34. The van der Waals surface area contributed by atoms with Gasteiger partial charge in [0.15, 0.2) is 7.14 Å². The standard InChI is InChI=1S/C55H33N3OP/c59-60(36-13-2-1-3-14-36)49-22-9-5-16-38(49)40-27-29-44-50(54(40)60)41-32-35(46-30-26-34-24-23-33-12-11-31-56-51(33)52(34)57-46)25-28-42(41)55(44)43-18-6-8-21-48(43)58-47-20-7-4-15-37(47)39-17-10-19-45(55)53(39)58/h1-30,32H,31H2/q-1/t55?,60-/m0/s1. The molecule has 0 radical (unpaired) electrons. The highest BCUT2D eigenvalue weighted by molar-refractivity contribution is 7.86. The molecule has 5 heteroatoms. The van der Waals surface area contributed by atoms with Gasteiger partial charge in [-0.05, 0) is 79.7 Å². The van der Waals surface area contributed by atoms with E-state index in [0.717, 1.165) is 71.6 Å². The van der Waals surface area contributed by atoms with Crippen molar-refractivity contribution < 1.29 is 4.57 Å². The molecule has 0 saturated carbocycles. The predicted molar refractivity (Wildman–Crippen MR) is 248 cm³/mol. The van der Waals surface area contributed by atoms with Gasteiger partial charge in [0.25, 0.3) is 0 Å². The van der Waals surface area contributed by atoms with Crippen molar-refractivity contribution in [3.05, 3.63) is 215 Å². The first-order valence-electron chi connectivity index (χ1n) is 20.6. The fourth-order valence-electron chi connectivity index (χ4n) is 11.4. The minimum Gasteiger partial charge on any atom is -0.679 e. The summed E-state index contributed by atoms with van der Waals surface area (Å²) in [5.41, 5.74) is 16.8. The van der Waals surface area contributed by atoms with Gasteiger partial charge in [0.05, 0.1) is 33.3 Å². The van der Waals surface area contributed by atoms with Gasteiger partial charge in [-0.3, -0.25) is 0 Å². The monoisotopic (exact) mass is 782 g/mol. The van der Waals surface area contributed by atoms with Crippen molar-refractivity contribution in [1.82, 2.24) is 9.55 Å². The number of hydrogen-bond donors (Lipinski definition) is 0. The molecule has 0 saturated heterocycles. The van der Waals surface area contributed by atoms with Crippen LogP contribution in [0.2, 0.25) is 0 Å². The first-order valence-corrected chi connectivity index (χ1v) is 22.4. The van der Waals surface area contributed by atoms with E-state index in [1.165, 1.54) is 49.7 Å². The zero-order valence-electron chi connectivity index (χ0n) is 32.3. The van der Waals surface area contributed by atoms with Crippen LogP contribution < -0.4 is 15.9 Å². The van der Waals surface area contributed by atoms with Crippen molar-refractivity contribution in [3.63, 3.8) is 0 Å². The average molecular weight is 783 g/mol. The topological polar surface area (TPSA) is 49.0 Å². The summed E-state index contributed by atoms with van der Waals surface area (Å²) in [5, 5.41) is 11.1. The van der Waals surface area contributed by atoms with Crippen molar-refractivity contribution in [2.75, 3.05) is 6.54 Å². The van der Waals surface area contributed by atoms with E-state index < -0.39 is 12.6 Å². The molecule has 1 aliphatic carbocycles. The third kappa shape index (κ3) is 3.84.